The van der Waals surface area contributed by atoms with E-state index in [1.807, 2.05) is 37.3 Å². The van der Waals surface area contributed by atoms with Gasteiger partial charge in [-0.15, -0.1) is 0 Å². The van der Waals surface area contributed by atoms with E-state index >= 15 is 0 Å². The number of nitrogens with zero attached hydrogens (tertiary/aromatic N) is 1. The molecule has 4 rings (SSSR count). The van der Waals surface area contributed by atoms with Gasteiger partial charge in [0.2, 0.25) is 0 Å². The molecule has 1 aromatic heterocycles. The highest BCUT2D eigenvalue weighted by molar-refractivity contribution is 5.98. The standard InChI is InChI=1S/C22H24N2O3/c1-16-19-9-5-6-10-20(19)27-21(16)22(25)23-13-18-15-24(11-12-26-18)14-17-7-3-2-4-8-17/h2-10,18H,11-15H2,1H3,(H,23,25). The Morgan fingerprint density at radius 3 is 2.74 bits per heavy atom. The Morgan fingerprint density at radius 1 is 1.15 bits per heavy atom. The van der Waals surface area contributed by atoms with Crippen LogP contribution >= 0.6 is 0 Å². The van der Waals surface area contributed by atoms with Crippen LogP contribution in [0.4, 0.5) is 0 Å². The fourth-order valence-electron chi connectivity index (χ4n) is 3.57. The molecule has 1 atom stereocenters. The van der Waals surface area contributed by atoms with Crippen LogP contribution in [0.3, 0.4) is 0 Å². The zero-order chi connectivity index (χ0) is 18.6. The number of benzene rings is 2. The summed E-state index contributed by atoms with van der Waals surface area (Å²) in [7, 11) is 0. The maximum absolute atomic E-state index is 12.6. The molecule has 1 saturated heterocycles. The van der Waals surface area contributed by atoms with Gasteiger partial charge in [-0.05, 0) is 18.6 Å². The number of aryl methyl sites for hydroxylation is 1. The summed E-state index contributed by atoms with van der Waals surface area (Å²) in [6, 6.07) is 18.1. The topological polar surface area (TPSA) is 54.7 Å². The predicted molar refractivity (Wildman–Crippen MR) is 105 cm³/mol. The summed E-state index contributed by atoms with van der Waals surface area (Å²) in [5.41, 5.74) is 2.90. The van der Waals surface area contributed by atoms with Gasteiger partial charge in [0.05, 0.1) is 12.7 Å². The van der Waals surface area contributed by atoms with Crippen molar-refractivity contribution in [3.05, 3.63) is 71.5 Å². The largest absolute Gasteiger partial charge is 0.451 e. The molecule has 0 radical (unpaired) electrons. The van der Waals surface area contributed by atoms with Crippen molar-refractivity contribution in [1.29, 1.82) is 0 Å². The lowest BCUT2D eigenvalue weighted by Gasteiger charge is -2.33. The number of fused-ring (bicyclic) bond motifs is 1. The summed E-state index contributed by atoms with van der Waals surface area (Å²) in [6.45, 7) is 5.67. The zero-order valence-corrected chi connectivity index (χ0v) is 15.5. The van der Waals surface area contributed by atoms with Crippen molar-refractivity contribution in [3.8, 4) is 0 Å². The molecule has 27 heavy (non-hydrogen) atoms. The summed E-state index contributed by atoms with van der Waals surface area (Å²) >= 11 is 0. The fraction of sp³-hybridized carbons (Fsp3) is 0.318. The van der Waals surface area contributed by atoms with Gasteiger partial charge in [-0.25, -0.2) is 0 Å². The molecule has 1 unspecified atom stereocenters. The first-order chi connectivity index (χ1) is 13.2. The van der Waals surface area contributed by atoms with E-state index in [1.54, 1.807) is 0 Å². The highest BCUT2D eigenvalue weighted by Gasteiger charge is 2.23. The number of ether oxygens (including phenoxy) is 1. The van der Waals surface area contributed by atoms with Crippen LogP contribution in [-0.4, -0.2) is 43.2 Å². The van der Waals surface area contributed by atoms with Crippen LogP contribution in [0.5, 0.6) is 0 Å². The molecule has 5 heteroatoms. The van der Waals surface area contributed by atoms with Gasteiger partial charge < -0.3 is 14.5 Å². The molecule has 1 aliphatic heterocycles. The van der Waals surface area contributed by atoms with E-state index in [1.165, 1.54) is 5.56 Å². The lowest BCUT2D eigenvalue weighted by molar-refractivity contribution is -0.0293. The quantitative estimate of drug-likeness (QED) is 0.754. The number of para-hydroxylation sites is 1. The molecule has 140 valence electrons. The van der Waals surface area contributed by atoms with Crippen LogP contribution in [0, 0.1) is 6.92 Å². The Balaban J connectivity index is 1.35. The number of carbonyl (C=O) groups is 1. The van der Waals surface area contributed by atoms with E-state index in [-0.39, 0.29) is 12.0 Å². The lowest BCUT2D eigenvalue weighted by atomic mass is 10.1. The average molecular weight is 364 g/mol. The van der Waals surface area contributed by atoms with Crippen LogP contribution < -0.4 is 5.32 Å². The van der Waals surface area contributed by atoms with Crippen molar-refractivity contribution in [2.75, 3.05) is 26.2 Å². The van der Waals surface area contributed by atoms with Gasteiger partial charge >= 0.3 is 0 Å². The molecule has 0 aliphatic carbocycles. The first kappa shape index (κ1) is 17.8. The maximum Gasteiger partial charge on any atom is 0.287 e. The zero-order valence-electron chi connectivity index (χ0n) is 15.5. The molecule has 0 spiro atoms. The van der Waals surface area contributed by atoms with Crippen LogP contribution in [0.25, 0.3) is 11.0 Å². The monoisotopic (exact) mass is 364 g/mol. The maximum atomic E-state index is 12.6. The number of hydrogen-bond donors (Lipinski definition) is 1. The summed E-state index contributed by atoms with van der Waals surface area (Å²) in [5, 5.41) is 3.95. The molecule has 3 aromatic rings. The normalized spacial score (nSPS) is 17.9. The summed E-state index contributed by atoms with van der Waals surface area (Å²) < 4.78 is 11.6. The number of morpholine rings is 1. The minimum absolute atomic E-state index is 0.0175. The summed E-state index contributed by atoms with van der Waals surface area (Å²) in [4.78, 5) is 14.9. The average Bonchev–Trinajstić information content (AvgIpc) is 3.04. The fourth-order valence-corrected chi connectivity index (χ4v) is 3.57. The Hall–Kier alpha value is -2.63. The first-order valence-corrected chi connectivity index (χ1v) is 9.35. The molecule has 2 heterocycles. The van der Waals surface area contributed by atoms with Crippen molar-refractivity contribution in [2.24, 2.45) is 0 Å². The second-order valence-corrected chi connectivity index (χ2v) is 6.98. The Morgan fingerprint density at radius 2 is 1.93 bits per heavy atom. The highest BCUT2D eigenvalue weighted by atomic mass is 16.5. The molecule has 1 fully saturated rings. The molecular weight excluding hydrogens is 340 g/mol. The van der Waals surface area contributed by atoms with E-state index < -0.39 is 0 Å². The van der Waals surface area contributed by atoms with Gasteiger partial charge in [-0.1, -0.05) is 48.5 Å². The molecule has 1 amide bonds. The first-order valence-electron chi connectivity index (χ1n) is 9.35. The number of nitrogens with one attached hydrogen (secondary N) is 1. The van der Waals surface area contributed by atoms with Gasteiger partial charge in [0.15, 0.2) is 5.76 Å². The predicted octanol–water partition coefficient (Wildman–Crippen LogP) is 3.37. The van der Waals surface area contributed by atoms with E-state index in [9.17, 15) is 4.79 Å². The Kier molecular flexibility index (Phi) is 5.23. The molecule has 2 aromatic carbocycles. The molecular formula is C22H24N2O3. The third kappa shape index (κ3) is 4.04. The van der Waals surface area contributed by atoms with Crippen LogP contribution in [0.2, 0.25) is 0 Å². The molecule has 0 saturated carbocycles. The van der Waals surface area contributed by atoms with Crippen molar-refractivity contribution in [1.82, 2.24) is 10.2 Å². The number of hydrogen-bond acceptors (Lipinski definition) is 4. The van der Waals surface area contributed by atoms with Gasteiger partial charge in [0.25, 0.3) is 5.91 Å². The molecule has 0 bridgehead atoms. The smallest absolute Gasteiger partial charge is 0.287 e. The third-order valence-electron chi connectivity index (χ3n) is 5.01. The van der Waals surface area contributed by atoms with Crippen LogP contribution in [0.15, 0.2) is 59.0 Å². The Bertz CT molecular complexity index is 920. The molecule has 1 aliphatic rings. The SMILES string of the molecule is Cc1c(C(=O)NCC2CN(Cc3ccccc3)CCO2)oc2ccccc12. The second kappa shape index (κ2) is 7.94. The summed E-state index contributed by atoms with van der Waals surface area (Å²) in [5.74, 6) is 0.195. The molecule has 5 nitrogen and oxygen atoms in total. The van der Waals surface area contributed by atoms with Crippen molar-refractivity contribution in [3.63, 3.8) is 0 Å². The van der Waals surface area contributed by atoms with E-state index in [0.717, 1.165) is 36.2 Å². The third-order valence-corrected chi connectivity index (χ3v) is 5.01. The second-order valence-electron chi connectivity index (χ2n) is 6.98. The van der Waals surface area contributed by atoms with Gasteiger partial charge in [-0.3, -0.25) is 9.69 Å². The van der Waals surface area contributed by atoms with Crippen molar-refractivity contribution < 1.29 is 13.9 Å². The van der Waals surface area contributed by atoms with E-state index in [2.05, 4.69) is 34.5 Å². The van der Waals surface area contributed by atoms with Gasteiger partial charge in [0.1, 0.15) is 5.58 Å². The van der Waals surface area contributed by atoms with Gasteiger partial charge in [-0.2, -0.15) is 0 Å². The van der Waals surface area contributed by atoms with Gasteiger partial charge in [0, 0.05) is 37.1 Å². The number of amides is 1. The molecule has 1 N–H and O–H groups in total. The van der Waals surface area contributed by atoms with E-state index in [4.69, 9.17) is 9.15 Å². The van der Waals surface area contributed by atoms with Crippen LogP contribution in [0.1, 0.15) is 21.7 Å². The van der Waals surface area contributed by atoms with Crippen molar-refractivity contribution in [2.45, 2.75) is 19.6 Å². The minimum atomic E-state index is -0.188. The number of carbonyl (C=O) groups excluding carboxylic acids is 1. The number of rotatable bonds is 5. The Labute approximate surface area is 158 Å². The lowest BCUT2D eigenvalue weighted by Crippen LogP contribution is -2.47. The number of furan rings is 1. The highest BCUT2D eigenvalue weighted by Crippen LogP contribution is 2.24. The van der Waals surface area contributed by atoms with Crippen LogP contribution in [-0.2, 0) is 11.3 Å². The van der Waals surface area contributed by atoms with Crippen molar-refractivity contribution >= 4 is 16.9 Å². The van der Waals surface area contributed by atoms with E-state index in [0.29, 0.717) is 18.9 Å². The summed E-state index contributed by atoms with van der Waals surface area (Å²) in [6.07, 6.45) is -0.0175. The minimum Gasteiger partial charge on any atom is -0.451 e.